The zero-order valence-corrected chi connectivity index (χ0v) is 10.1. The van der Waals surface area contributed by atoms with E-state index in [1.54, 1.807) is 0 Å². The smallest absolute Gasteiger partial charge is 0.0437 e. The fraction of sp³-hybridized carbons (Fsp3) is 0.571. The lowest BCUT2D eigenvalue weighted by Gasteiger charge is -2.33. The molecule has 2 N–H and O–H groups in total. The Morgan fingerprint density at radius 2 is 1.88 bits per heavy atom. The molecule has 2 heteroatoms. The summed E-state index contributed by atoms with van der Waals surface area (Å²) in [7, 11) is 2.17. The van der Waals surface area contributed by atoms with Crippen LogP contribution in [0.15, 0.2) is 30.3 Å². The lowest BCUT2D eigenvalue weighted by Crippen LogP contribution is -2.42. The van der Waals surface area contributed by atoms with Crippen LogP contribution in [0.5, 0.6) is 0 Å². The van der Waals surface area contributed by atoms with E-state index in [1.807, 2.05) is 0 Å². The number of likely N-dealkylation sites (N-methyl/N-ethyl adjacent to an activating group) is 1. The van der Waals surface area contributed by atoms with Crippen LogP contribution in [0.25, 0.3) is 0 Å². The number of nitrogens with zero attached hydrogens (tertiary/aromatic N) is 1. The standard InChI is InChI=1S/C14H22N2/c1-16(13-9-3-2-4-10-13)14(11-15)12-7-5-6-8-12/h2-4,9-10,12,14H,5-8,11,15H2,1H3. The molecular weight excluding hydrogens is 196 g/mol. The summed E-state index contributed by atoms with van der Waals surface area (Å²) in [5, 5.41) is 0. The third-order valence-electron chi connectivity index (χ3n) is 3.85. The zero-order chi connectivity index (χ0) is 11.4. The van der Waals surface area contributed by atoms with Crippen molar-refractivity contribution in [2.75, 3.05) is 18.5 Å². The molecule has 1 saturated carbocycles. The molecule has 2 nitrogen and oxygen atoms in total. The molecule has 0 saturated heterocycles. The lowest BCUT2D eigenvalue weighted by molar-refractivity contribution is 0.422. The Morgan fingerprint density at radius 3 is 2.44 bits per heavy atom. The molecule has 1 atom stereocenters. The number of anilines is 1. The van der Waals surface area contributed by atoms with E-state index in [2.05, 4.69) is 42.3 Å². The summed E-state index contributed by atoms with van der Waals surface area (Å²) in [6.45, 7) is 0.760. The number of para-hydroxylation sites is 1. The number of hydrogen-bond acceptors (Lipinski definition) is 2. The van der Waals surface area contributed by atoms with E-state index in [-0.39, 0.29) is 0 Å². The molecule has 0 amide bonds. The van der Waals surface area contributed by atoms with Crippen LogP contribution in [0.2, 0.25) is 0 Å². The predicted molar refractivity (Wildman–Crippen MR) is 69.6 cm³/mol. The van der Waals surface area contributed by atoms with Crippen molar-refractivity contribution in [3.8, 4) is 0 Å². The van der Waals surface area contributed by atoms with Crippen LogP contribution in [-0.4, -0.2) is 19.6 Å². The predicted octanol–water partition coefficient (Wildman–Crippen LogP) is 2.64. The van der Waals surface area contributed by atoms with Crippen molar-refractivity contribution < 1.29 is 0 Å². The highest BCUT2D eigenvalue weighted by atomic mass is 15.1. The van der Waals surface area contributed by atoms with E-state index in [0.717, 1.165) is 12.5 Å². The van der Waals surface area contributed by atoms with Gasteiger partial charge in [-0.05, 0) is 30.9 Å². The second kappa shape index (κ2) is 5.35. The quantitative estimate of drug-likeness (QED) is 0.842. The van der Waals surface area contributed by atoms with Crippen LogP contribution in [0.3, 0.4) is 0 Å². The van der Waals surface area contributed by atoms with Gasteiger partial charge in [0, 0.05) is 25.3 Å². The van der Waals surface area contributed by atoms with E-state index in [0.29, 0.717) is 6.04 Å². The summed E-state index contributed by atoms with van der Waals surface area (Å²) in [6.07, 6.45) is 5.45. The molecule has 1 aromatic rings. The highest BCUT2D eigenvalue weighted by Gasteiger charge is 2.27. The minimum Gasteiger partial charge on any atom is -0.370 e. The molecule has 2 rings (SSSR count). The van der Waals surface area contributed by atoms with Gasteiger partial charge in [0.25, 0.3) is 0 Å². The first-order valence-corrected chi connectivity index (χ1v) is 6.31. The summed E-state index contributed by atoms with van der Waals surface area (Å²) in [5.41, 5.74) is 7.23. The molecule has 0 heterocycles. The van der Waals surface area contributed by atoms with Crippen LogP contribution < -0.4 is 10.6 Å². The molecule has 0 bridgehead atoms. The van der Waals surface area contributed by atoms with Gasteiger partial charge in [-0.25, -0.2) is 0 Å². The average Bonchev–Trinajstić information content (AvgIpc) is 2.85. The number of hydrogen-bond donors (Lipinski definition) is 1. The van der Waals surface area contributed by atoms with Crippen molar-refractivity contribution in [3.05, 3.63) is 30.3 Å². The summed E-state index contributed by atoms with van der Waals surface area (Å²) < 4.78 is 0. The summed E-state index contributed by atoms with van der Waals surface area (Å²) in [5.74, 6) is 0.787. The molecule has 1 aromatic carbocycles. The van der Waals surface area contributed by atoms with Gasteiger partial charge in [0.1, 0.15) is 0 Å². The zero-order valence-electron chi connectivity index (χ0n) is 10.1. The highest BCUT2D eigenvalue weighted by Crippen LogP contribution is 2.31. The topological polar surface area (TPSA) is 29.3 Å². The third kappa shape index (κ3) is 2.38. The molecule has 1 fully saturated rings. The molecule has 0 radical (unpaired) electrons. The molecular formula is C14H22N2. The lowest BCUT2D eigenvalue weighted by atomic mass is 9.96. The molecule has 1 aliphatic carbocycles. The van der Waals surface area contributed by atoms with Gasteiger partial charge in [-0.1, -0.05) is 31.0 Å². The Morgan fingerprint density at radius 1 is 1.25 bits per heavy atom. The van der Waals surface area contributed by atoms with Gasteiger partial charge in [-0.2, -0.15) is 0 Å². The van der Waals surface area contributed by atoms with Gasteiger partial charge in [0.2, 0.25) is 0 Å². The maximum absolute atomic E-state index is 5.95. The second-order valence-corrected chi connectivity index (χ2v) is 4.79. The maximum atomic E-state index is 5.95. The van der Waals surface area contributed by atoms with Crippen molar-refractivity contribution >= 4 is 5.69 Å². The summed E-state index contributed by atoms with van der Waals surface area (Å²) >= 11 is 0. The summed E-state index contributed by atoms with van der Waals surface area (Å²) in [4.78, 5) is 2.36. The van der Waals surface area contributed by atoms with Crippen LogP contribution in [0.1, 0.15) is 25.7 Å². The van der Waals surface area contributed by atoms with Gasteiger partial charge in [-0.3, -0.25) is 0 Å². The van der Waals surface area contributed by atoms with Gasteiger partial charge < -0.3 is 10.6 Å². The molecule has 1 unspecified atom stereocenters. The average molecular weight is 218 g/mol. The van der Waals surface area contributed by atoms with Crippen molar-refractivity contribution in [2.24, 2.45) is 11.7 Å². The summed E-state index contributed by atoms with van der Waals surface area (Å²) in [6, 6.07) is 11.1. The van der Waals surface area contributed by atoms with Crippen LogP contribution in [0.4, 0.5) is 5.69 Å². The minimum atomic E-state index is 0.505. The van der Waals surface area contributed by atoms with Crippen LogP contribution in [-0.2, 0) is 0 Å². The minimum absolute atomic E-state index is 0.505. The Balaban J connectivity index is 2.08. The Hall–Kier alpha value is -1.02. The third-order valence-corrected chi connectivity index (χ3v) is 3.85. The Bertz CT molecular complexity index is 304. The van der Waals surface area contributed by atoms with Gasteiger partial charge in [0.15, 0.2) is 0 Å². The molecule has 16 heavy (non-hydrogen) atoms. The van der Waals surface area contributed by atoms with Crippen molar-refractivity contribution in [3.63, 3.8) is 0 Å². The number of nitrogens with two attached hydrogens (primary N) is 1. The van der Waals surface area contributed by atoms with Crippen molar-refractivity contribution in [2.45, 2.75) is 31.7 Å². The fourth-order valence-corrected chi connectivity index (χ4v) is 2.86. The largest absolute Gasteiger partial charge is 0.370 e. The molecule has 1 aliphatic rings. The van der Waals surface area contributed by atoms with Gasteiger partial charge >= 0.3 is 0 Å². The van der Waals surface area contributed by atoms with Crippen LogP contribution in [0, 0.1) is 5.92 Å². The fourth-order valence-electron chi connectivity index (χ4n) is 2.86. The van der Waals surface area contributed by atoms with Crippen molar-refractivity contribution in [1.29, 1.82) is 0 Å². The first-order valence-electron chi connectivity index (χ1n) is 6.31. The molecule has 88 valence electrons. The SMILES string of the molecule is CN(c1ccccc1)C(CN)C1CCCC1. The van der Waals surface area contributed by atoms with E-state index < -0.39 is 0 Å². The van der Waals surface area contributed by atoms with Gasteiger partial charge in [0.05, 0.1) is 0 Å². The van der Waals surface area contributed by atoms with E-state index in [9.17, 15) is 0 Å². The normalized spacial score (nSPS) is 18.6. The molecule has 0 aromatic heterocycles. The first kappa shape index (κ1) is 11.5. The Kier molecular flexibility index (Phi) is 3.83. The first-order chi connectivity index (χ1) is 7.83. The Labute approximate surface area is 98.4 Å². The van der Waals surface area contributed by atoms with Gasteiger partial charge in [-0.15, -0.1) is 0 Å². The molecule has 0 spiro atoms. The number of benzene rings is 1. The van der Waals surface area contributed by atoms with E-state index >= 15 is 0 Å². The highest BCUT2D eigenvalue weighted by molar-refractivity contribution is 5.46. The van der Waals surface area contributed by atoms with E-state index in [1.165, 1.54) is 31.4 Å². The number of rotatable bonds is 4. The molecule has 0 aliphatic heterocycles. The van der Waals surface area contributed by atoms with Crippen LogP contribution >= 0.6 is 0 Å². The maximum Gasteiger partial charge on any atom is 0.0437 e. The second-order valence-electron chi connectivity index (χ2n) is 4.79. The van der Waals surface area contributed by atoms with E-state index in [4.69, 9.17) is 5.73 Å². The van der Waals surface area contributed by atoms with Crippen molar-refractivity contribution in [1.82, 2.24) is 0 Å². The monoisotopic (exact) mass is 218 g/mol.